The van der Waals surface area contributed by atoms with Crippen molar-refractivity contribution in [3.8, 4) is 0 Å². The summed E-state index contributed by atoms with van der Waals surface area (Å²) in [5.74, 6) is -0.899. The Balaban J connectivity index is 1.98. The third kappa shape index (κ3) is 2.27. The number of thioether (sulfide) groups is 1. The molecule has 3 heterocycles. The van der Waals surface area contributed by atoms with Gasteiger partial charge in [0.25, 0.3) is 5.91 Å². The average molecular weight is 304 g/mol. The lowest BCUT2D eigenvalue weighted by molar-refractivity contribution is -0.402. The standard InChI is InChI=1S/C12H8N4O4S/c1-6-5-15-10(13)8(11(17)14-12(15)21-6)4-7-2-3-9(20-7)16(18)19/h2-5,13H,1H3/b8-4-,13-10?. The predicted molar refractivity (Wildman–Crippen MR) is 76.7 cm³/mol. The number of rotatable bonds is 2. The first-order chi connectivity index (χ1) is 9.95. The lowest BCUT2D eigenvalue weighted by Crippen LogP contribution is -2.35. The predicted octanol–water partition coefficient (Wildman–Crippen LogP) is 2.35. The van der Waals surface area contributed by atoms with E-state index in [2.05, 4.69) is 4.99 Å². The van der Waals surface area contributed by atoms with Gasteiger partial charge in [0, 0.05) is 11.1 Å². The SMILES string of the molecule is CC1=CN2C(=N)/C(=C/c3ccc([N+](=O)[O-])o3)C(=O)N=C2S1. The summed E-state index contributed by atoms with van der Waals surface area (Å²) in [6.45, 7) is 1.85. The highest BCUT2D eigenvalue weighted by molar-refractivity contribution is 8.17. The molecule has 0 aromatic carbocycles. The molecule has 0 unspecified atom stereocenters. The fraction of sp³-hybridized carbons (Fsp3) is 0.0833. The molecule has 2 aliphatic heterocycles. The number of amides is 1. The number of allylic oxidation sites excluding steroid dienone is 1. The van der Waals surface area contributed by atoms with Crippen molar-refractivity contribution in [2.45, 2.75) is 6.92 Å². The van der Waals surface area contributed by atoms with Crippen LogP contribution < -0.4 is 0 Å². The number of hydrogen-bond acceptors (Lipinski definition) is 6. The van der Waals surface area contributed by atoms with Crippen LogP contribution in [0.5, 0.6) is 0 Å². The van der Waals surface area contributed by atoms with Crippen LogP contribution in [0.1, 0.15) is 12.7 Å². The van der Waals surface area contributed by atoms with E-state index in [1.54, 1.807) is 6.20 Å². The van der Waals surface area contributed by atoms with E-state index >= 15 is 0 Å². The molecule has 9 heteroatoms. The molecule has 0 fully saturated rings. The third-order valence-electron chi connectivity index (χ3n) is 2.77. The largest absolute Gasteiger partial charge is 0.433 e. The Bertz CT molecular complexity index is 774. The number of carbonyl (C=O) groups is 1. The molecular formula is C12H8N4O4S. The maximum atomic E-state index is 12.0. The number of amidine groups is 2. The van der Waals surface area contributed by atoms with Crippen LogP contribution in [0, 0.1) is 15.5 Å². The quantitative estimate of drug-likeness (QED) is 0.509. The molecule has 8 nitrogen and oxygen atoms in total. The maximum absolute atomic E-state index is 12.0. The zero-order valence-corrected chi connectivity index (χ0v) is 11.5. The number of hydrogen-bond donors (Lipinski definition) is 1. The number of furan rings is 1. The average Bonchev–Trinajstić information content (AvgIpc) is 3.01. The summed E-state index contributed by atoms with van der Waals surface area (Å²) < 4.78 is 4.96. The summed E-state index contributed by atoms with van der Waals surface area (Å²) in [6, 6.07) is 2.55. The van der Waals surface area contributed by atoms with Crippen molar-refractivity contribution in [2.24, 2.45) is 4.99 Å². The van der Waals surface area contributed by atoms with Gasteiger partial charge in [-0.2, -0.15) is 4.99 Å². The summed E-state index contributed by atoms with van der Waals surface area (Å²) in [4.78, 5) is 28.2. The minimum atomic E-state index is -0.671. The molecule has 0 atom stereocenters. The molecule has 1 aromatic rings. The molecule has 1 aromatic heterocycles. The number of fused-ring (bicyclic) bond motifs is 1. The Morgan fingerprint density at radius 1 is 1.52 bits per heavy atom. The van der Waals surface area contributed by atoms with E-state index in [9.17, 15) is 14.9 Å². The van der Waals surface area contributed by atoms with Crippen molar-refractivity contribution in [1.82, 2.24) is 4.90 Å². The summed E-state index contributed by atoms with van der Waals surface area (Å²) in [5.41, 5.74) is 0.0227. The zero-order chi connectivity index (χ0) is 15.1. The van der Waals surface area contributed by atoms with Gasteiger partial charge in [-0.25, -0.2) is 0 Å². The highest BCUT2D eigenvalue weighted by atomic mass is 32.2. The van der Waals surface area contributed by atoms with E-state index in [0.29, 0.717) is 5.17 Å². The molecule has 21 heavy (non-hydrogen) atoms. The van der Waals surface area contributed by atoms with Gasteiger partial charge in [0.15, 0.2) is 5.17 Å². The first-order valence-corrected chi connectivity index (χ1v) is 6.61. The van der Waals surface area contributed by atoms with Crippen LogP contribution in [0.3, 0.4) is 0 Å². The van der Waals surface area contributed by atoms with Gasteiger partial charge in [-0.3, -0.25) is 25.2 Å². The Labute approximate surface area is 122 Å². The molecule has 1 amide bonds. The van der Waals surface area contributed by atoms with Crippen LogP contribution >= 0.6 is 11.8 Å². The number of nitrogens with one attached hydrogen (secondary N) is 1. The molecule has 3 rings (SSSR count). The van der Waals surface area contributed by atoms with Gasteiger partial charge < -0.3 is 4.42 Å². The molecular weight excluding hydrogens is 296 g/mol. The van der Waals surface area contributed by atoms with Crippen molar-refractivity contribution in [2.75, 3.05) is 0 Å². The first-order valence-electron chi connectivity index (χ1n) is 5.79. The van der Waals surface area contributed by atoms with E-state index in [0.717, 1.165) is 4.91 Å². The second-order valence-corrected chi connectivity index (χ2v) is 5.46. The number of nitro groups is 1. The van der Waals surface area contributed by atoms with Crippen LogP contribution in [0.2, 0.25) is 0 Å². The highest BCUT2D eigenvalue weighted by Crippen LogP contribution is 2.32. The van der Waals surface area contributed by atoms with E-state index in [-0.39, 0.29) is 17.2 Å². The molecule has 0 aliphatic carbocycles. The third-order valence-corrected chi connectivity index (χ3v) is 3.67. The Kier molecular flexibility index (Phi) is 2.98. The van der Waals surface area contributed by atoms with Gasteiger partial charge in [0.1, 0.15) is 16.5 Å². The molecule has 0 saturated carbocycles. The van der Waals surface area contributed by atoms with Crippen LogP contribution in [-0.4, -0.2) is 26.7 Å². The minimum absolute atomic E-state index is 0.0227. The Morgan fingerprint density at radius 2 is 2.29 bits per heavy atom. The molecule has 0 radical (unpaired) electrons. The van der Waals surface area contributed by atoms with Crippen LogP contribution in [0.15, 0.2) is 38.2 Å². The summed E-state index contributed by atoms with van der Waals surface area (Å²) in [6.07, 6.45) is 2.99. The second-order valence-electron chi connectivity index (χ2n) is 4.25. The van der Waals surface area contributed by atoms with Crippen molar-refractivity contribution in [3.63, 3.8) is 0 Å². The summed E-state index contributed by atoms with van der Waals surface area (Å²) >= 11 is 1.31. The van der Waals surface area contributed by atoms with Gasteiger partial charge in [-0.15, -0.1) is 0 Å². The molecule has 0 saturated heterocycles. The summed E-state index contributed by atoms with van der Waals surface area (Å²) in [7, 11) is 0. The fourth-order valence-electron chi connectivity index (χ4n) is 1.86. The molecule has 106 valence electrons. The normalized spacial score (nSPS) is 19.7. The van der Waals surface area contributed by atoms with Gasteiger partial charge in [0.05, 0.1) is 11.6 Å². The van der Waals surface area contributed by atoms with Crippen molar-refractivity contribution < 1.29 is 14.1 Å². The van der Waals surface area contributed by atoms with Crippen molar-refractivity contribution in [3.05, 3.63) is 44.7 Å². The zero-order valence-electron chi connectivity index (χ0n) is 10.7. The van der Waals surface area contributed by atoms with E-state index in [1.165, 1.54) is 34.9 Å². The smallest absolute Gasteiger partial charge is 0.401 e. The maximum Gasteiger partial charge on any atom is 0.433 e. The van der Waals surface area contributed by atoms with Crippen molar-refractivity contribution >= 4 is 40.6 Å². The highest BCUT2D eigenvalue weighted by Gasteiger charge is 2.33. The molecule has 2 aliphatic rings. The second kappa shape index (κ2) is 4.70. The number of carbonyl (C=O) groups excluding carboxylic acids is 1. The van der Waals surface area contributed by atoms with Gasteiger partial charge >= 0.3 is 5.88 Å². The van der Waals surface area contributed by atoms with Crippen LogP contribution in [-0.2, 0) is 4.79 Å². The van der Waals surface area contributed by atoms with E-state index < -0.39 is 16.7 Å². The lowest BCUT2D eigenvalue weighted by Gasteiger charge is -2.21. The molecule has 0 spiro atoms. The number of aliphatic imine (C=N–C) groups is 1. The van der Waals surface area contributed by atoms with Crippen LogP contribution in [0.4, 0.5) is 5.88 Å². The Morgan fingerprint density at radius 3 is 2.95 bits per heavy atom. The molecule has 0 bridgehead atoms. The monoisotopic (exact) mass is 304 g/mol. The van der Waals surface area contributed by atoms with Gasteiger partial charge in [-0.1, -0.05) is 11.8 Å². The first kappa shape index (κ1) is 13.3. The Hall–Kier alpha value is -2.68. The van der Waals surface area contributed by atoms with Crippen LogP contribution in [0.25, 0.3) is 6.08 Å². The molecule has 1 N–H and O–H groups in total. The van der Waals surface area contributed by atoms with E-state index in [1.807, 2.05) is 6.92 Å². The minimum Gasteiger partial charge on any atom is -0.401 e. The lowest BCUT2D eigenvalue weighted by atomic mass is 10.1. The van der Waals surface area contributed by atoms with Crippen molar-refractivity contribution in [1.29, 1.82) is 5.41 Å². The summed E-state index contributed by atoms with van der Waals surface area (Å²) in [5, 5.41) is 19.1. The number of nitrogens with zero attached hydrogens (tertiary/aromatic N) is 3. The van der Waals surface area contributed by atoms with Gasteiger partial charge in [0.2, 0.25) is 0 Å². The fourth-order valence-corrected chi connectivity index (χ4v) is 2.68. The van der Waals surface area contributed by atoms with E-state index in [4.69, 9.17) is 9.83 Å². The van der Waals surface area contributed by atoms with Gasteiger partial charge in [-0.05, 0) is 19.1 Å². The topological polar surface area (TPSA) is 113 Å².